The predicted octanol–water partition coefficient (Wildman–Crippen LogP) is 3.36. The molecule has 0 saturated heterocycles. The van der Waals surface area contributed by atoms with E-state index in [1.54, 1.807) is 0 Å². The van der Waals surface area contributed by atoms with E-state index in [2.05, 4.69) is 30.8 Å². The quantitative estimate of drug-likeness (QED) is 0.886. The smallest absolute Gasteiger partial charge is 0.0641 e. The molecule has 1 saturated carbocycles. The molecule has 0 amide bonds. The van der Waals surface area contributed by atoms with Gasteiger partial charge in [0, 0.05) is 17.8 Å². The Kier molecular flexibility index (Phi) is 4.44. The van der Waals surface area contributed by atoms with Gasteiger partial charge in [0.25, 0.3) is 0 Å². The Balaban J connectivity index is 2.20. The zero-order valence-corrected chi connectivity index (χ0v) is 12.3. The maximum Gasteiger partial charge on any atom is 0.0641 e. The van der Waals surface area contributed by atoms with Gasteiger partial charge in [0.05, 0.1) is 11.7 Å². The summed E-state index contributed by atoms with van der Waals surface area (Å²) >= 11 is 0. The first-order valence-electron chi connectivity index (χ1n) is 7.36. The Labute approximate surface area is 111 Å². The summed E-state index contributed by atoms with van der Waals surface area (Å²) < 4.78 is 2.31. The van der Waals surface area contributed by atoms with Gasteiger partial charge >= 0.3 is 0 Å². The van der Waals surface area contributed by atoms with Crippen molar-refractivity contribution in [3.05, 3.63) is 17.0 Å². The lowest BCUT2D eigenvalue weighted by Gasteiger charge is -2.29. The standard InChI is InChI=1S/C15H27N3/c1-5-13-7-6-8-14(9-13)18-12(3)15(10-16-4)11(2)17-18/h13-14,16H,5-10H2,1-4H3. The summed E-state index contributed by atoms with van der Waals surface area (Å²) in [6.07, 6.45) is 6.71. The number of aryl methyl sites for hydroxylation is 1. The number of hydrogen-bond acceptors (Lipinski definition) is 2. The number of hydrogen-bond donors (Lipinski definition) is 1. The minimum atomic E-state index is 0.632. The number of rotatable bonds is 4. The summed E-state index contributed by atoms with van der Waals surface area (Å²) in [5.74, 6) is 0.903. The van der Waals surface area contributed by atoms with Crippen LogP contribution in [0.5, 0.6) is 0 Å². The van der Waals surface area contributed by atoms with Gasteiger partial charge in [0.1, 0.15) is 0 Å². The minimum absolute atomic E-state index is 0.632. The van der Waals surface area contributed by atoms with E-state index in [0.29, 0.717) is 6.04 Å². The lowest BCUT2D eigenvalue weighted by molar-refractivity contribution is 0.244. The monoisotopic (exact) mass is 249 g/mol. The molecule has 3 heteroatoms. The van der Waals surface area contributed by atoms with Gasteiger partial charge in [-0.2, -0.15) is 5.10 Å². The molecule has 2 atom stereocenters. The third kappa shape index (κ3) is 2.61. The Morgan fingerprint density at radius 1 is 1.33 bits per heavy atom. The molecule has 0 aromatic carbocycles. The van der Waals surface area contributed by atoms with Crippen molar-refractivity contribution in [3.8, 4) is 0 Å². The van der Waals surface area contributed by atoms with Gasteiger partial charge in [-0.25, -0.2) is 0 Å². The summed E-state index contributed by atoms with van der Waals surface area (Å²) in [6.45, 7) is 7.61. The molecule has 0 aliphatic heterocycles. The lowest BCUT2D eigenvalue weighted by Crippen LogP contribution is -2.21. The molecule has 18 heavy (non-hydrogen) atoms. The van der Waals surface area contributed by atoms with Crippen molar-refractivity contribution in [3.63, 3.8) is 0 Å². The van der Waals surface area contributed by atoms with E-state index in [1.165, 1.54) is 49.1 Å². The van der Waals surface area contributed by atoms with Crippen LogP contribution < -0.4 is 5.32 Å². The van der Waals surface area contributed by atoms with Crippen LogP contribution in [-0.2, 0) is 6.54 Å². The van der Waals surface area contributed by atoms with Crippen LogP contribution in [0.25, 0.3) is 0 Å². The zero-order chi connectivity index (χ0) is 13.1. The Hall–Kier alpha value is -0.830. The molecule has 1 heterocycles. The largest absolute Gasteiger partial charge is 0.316 e. The van der Waals surface area contributed by atoms with Crippen LogP contribution in [-0.4, -0.2) is 16.8 Å². The predicted molar refractivity (Wildman–Crippen MR) is 75.8 cm³/mol. The molecule has 0 radical (unpaired) electrons. The minimum Gasteiger partial charge on any atom is -0.316 e. The SMILES string of the molecule is CCC1CCCC(n2nc(C)c(CNC)c2C)C1. The maximum atomic E-state index is 4.80. The molecule has 3 nitrogen and oxygen atoms in total. The Bertz CT molecular complexity index is 395. The van der Waals surface area contributed by atoms with Gasteiger partial charge in [-0.15, -0.1) is 0 Å². The van der Waals surface area contributed by atoms with Crippen LogP contribution in [0.4, 0.5) is 0 Å². The average Bonchev–Trinajstić information content (AvgIpc) is 2.67. The molecule has 1 aromatic heterocycles. The van der Waals surface area contributed by atoms with E-state index in [-0.39, 0.29) is 0 Å². The summed E-state index contributed by atoms with van der Waals surface area (Å²) in [7, 11) is 2.00. The summed E-state index contributed by atoms with van der Waals surface area (Å²) in [4.78, 5) is 0. The summed E-state index contributed by atoms with van der Waals surface area (Å²) in [5, 5.41) is 8.05. The fraction of sp³-hybridized carbons (Fsp3) is 0.800. The van der Waals surface area contributed by atoms with E-state index < -0.39 is 0 Å². The molecular formula is C15H27N3. The number of nitrogens with one attached hydrogen (secondary N) is 1. The molecule has 1 fully saturated rings. The lowest BCUT2D eigenvalue weighted by atomic mass is 9.84. The second-order valence-corrected chi connectivity index (χ2v) is 5.72. The zero-order valence-electron chi connectivity index (χ0n) is 12.3. The van der Waals surface area contributed by atoms with E-state index in [4.69, 9.17) is 5.10 Å². The third-order valence-corrected chi connectivity index (χ3v) is 4.51. The average molecular weight is 249 g/mol. The second kappa shape index (κ2) is 5.87. The van der Waals surface area contributed by atoms with Crippen LogP contribution in [0.1, 0.15) is 62.0 Å². The van der Waals surface area contributed by atoms with E-state index >= 15 is 0 Å². The van der Waals surface area contributed by atoms with Crippen LogP contribution in [0.2, 0.25) is 0 Å². The van der Waals surface area contributed by atoms with Gasteiger partial charge in [-0.1, -0.05) is 26.2 Å². The molecule has 2 unspecified atom stereocenters. The molecule has 2 rings (SSSR count). The van der Waals surface area contributed by atoms with E-state index in [0.717, 1.165) is 12.5 Å². The normalized spacial score (nSPS) is 24.4. The molecule has 1 aromatic rings. The fourth-order valence-electron chi connectivity index (χ4n) is 3.34. The van der Waals surface area contributed by atoms with Gasteiger partial charge in [0.2, 0.25) is 0 Å². The Morgan fingerprint density at radius 2 is 2.11 bits per heavy atom. The van der Waals surface area contributed by atoms with Crippen LogP contribution in [0, 0.1) is 19.8 Å². The van der Waals surface area contributed by atoms with Gasteiger partial charge < -0.3 is 5.32 Å². The highest BCUT2D eigenvalue weighted by atomic mass is 15.3. The highest BCUT2D eigenvalue weighted by molar-refractivity contribution is 5.24. The van der Waals surface area contributed by atoms with Crippen molar-refractivity contribution in [2.75, 3.05) is 7.05 Å². The highest BCUT2D eigenvalue weighted by Crippen LogP contribution is 2.35. The van der Waals surface area contributed by atoms with Gasteiger partial charge in [-0.05, 0) is 39.7 Å². The van der Waals surface area contributed by atoms with Crippen molar-refractivity contribution in [2.24, 2.45) is 5.92 Å². The summed E-state index contributed by atoms with van der Waals surface area (Å²) in [6, 6.07) is 0.632. The molecule has 1 aliphatic carbocycles. The first-order valence-corrected chi connectivity index (χ1v) is 7.36. The molecule has 1 aliphatic rings. The maximum absolute atomic E-state index is 4.80. The molecule has 1 N–H and O–H groups in total. The van der Waals surface area contributed by atoms with E-state index in [1.807, 2.05) is 7.05 Å². The first-order chi connectivity index (χ1) is 8.67. The summed E-state index contributed by atoms with van der Waals surface area (Å²) in [5.41, 5.74) is 3.94. The first kappa shape index (κ1) is 13.6. The second-order valence-electron chi connectivity index (χ2n) is 5.72. The van der Waals surface area contributed by atoms with Crippen LogP contribution in [0.15, 0.2) is 0 Å². The fourth-order valence-corrected chi connectivity index (χ4v) is 3.34. The Morgan fingerprint density at radius 3 is 2.78 bits per heavy atom. The van der Waals surface area contributed by atoms with E-state index in [9.17, 15) is 0 Å². The van der Waals surface area contributed by atoms with Crippen molar-refractivity contribution in [1.82, 2.24) is 15.1 Å². The number of aromatic nitrogens is 2. The molecule has 102 valence electrons. The molecule has 0 bridgehead atoms. The van der Waals surface area contributed by atoms with Crippen molar-refractivity contribution in [1.29, 1.82) is 0 Å². The van der Waals surface area contributed by atoms with Crippen molar-refractivity contribution < 1.29 is 0 Å². The van der Waals surface area contributed by atoms with Crippen LogP contribution >= 0.6 is 0 Å². The van der Waals surface area contributed by atoms with Gasteiger partial charge in [-0.3, -0.25) is 4.68 Å². The third-order valence-electron chi connectivity index (χ3n) is 4.51. The number of nitrogens with zero attached hydrogens (tertiary/aromatic N) is 2. The van der Waals surface area contributed by atoms with Crippen molar-refractivity contribution >= 4 is 0 Å². The molecular weight excluding hydrogens is 222 g/mol. The van der Waals surface area contributed by atoms with Crippen molar-refractivity contribution in [2.45, 2.75) is 65.5 Å². The van der Waals surface area contributed by atoms with Crippen LogP contribution in [0.3, 0.4) is 0 Å². The highest BCUT2D eigenvalue weighted by Gasteiger charge is 2.25. The topological polar surface area (TPSA) is 29.9 Å². The van der Waals surface area contributed by atoms with Gasteiger partial charge in [0.15, 0.2) is 0 Å². The molecule has 0 spiro atoms.